The quantitative estimate of drug-likeness (QED) is 0.289. The zero-order valence-electron chi connectivity index (χ0n) is 22.4. The number of thiophene rings is 1. The van der Waals surface area contributed by atoms with E-state index < -0.39 is 16.1 Å². The number of hydrogen-bond acceptors (Lipinski definition) is 4. The molecule has 0 saturated carbocycles. The van der Waals surface area contributed by atoms with Crippen molar-refractivity contribution in [2.24, 2.45) is 0 Å². The maximum Gasteiger partial charge on any atom is 0.245 e. The molecule has 4 rings (SSSR count). The molecule has 2 atom stereocenters. The van der Waals surface area contributed by atoms with Gasteiger partial charge in [-0.25, -0.2) is 8.42 Å². The summed E-state index contributed by atoms with van der Waals surface area (Å²) in [6, 6.07) is 14.2. The second kappa shape index (κ2) is 11.3. The molecule has 2 heterocycles. The highest BCUT2D eigenvalue weighted by Crippen LogP contribution is 2.39. The summed E-state index contributed by atoms with van der Waals surface area (Å²) in [5.41, 5.74) is 3.35. The van der Waals surface area contributed by atoms with Gasteiger partial charge in [0.05, 0.1) is 17.6 Å². The van der Waals surface area contributed by atoms with Crippen LogP contribution in [0.5, 0.6) is 0 Å². The van der Waals surface area contributed by atoms with E-state index in [0.717, 1.165) is 17.5 Å². The number of carbonyl (C=O) groups excluding carboxylic acids is 1. The van der Waals surface area contributed by atoms with Gasteiger partial charge in [-0.15, -0.1) is 11.3 Å². The van der Waals surface area contributed by atoms with Crippen molar-refractivity contribution in [2.45, 2.75) is 69.9 Å². The summed E-state index contributed by atoms with van der Waals surface area (Å²) in [5.74, 6) is -0.242. The van der Waals surface area contributed by atoms with E-state index in [-0.39, 0.29) is 38.8 Å². The summed E-state index contributed by atoms with van der Waals surface area (Å²) in [4.78, 5) is 17.0. The fourth-order valence-electron chi connectivity index (χ4n) is 4.82. The predicted molar refractivity (Wildman–Crippen MR) is 157 cm³/mol. The molecule has 38 heavy (non-hydrogen) atoms. The summed E-state index contributed by atoms with van der Waals surface area (Å²) < 4.78 is 28.8. The van der Waals surface area contributed by atoms with Crippen molar-refractivity contribution in [3.63, 3.8) is 0 Å². The lowest BCUT2D eigenvalue weighted by molar-refractivity contribution is -0.133. The Labute approximate surface area is 240 Å². The summed E-state index contributed by atoms with van der Waals surface area (Å²) in [5, 5.41) is 2.41. The molecule has 204 valence electrons. The lowest BCUT2D eigenvalue weighted by atomic mass is 9.85. The third-order valence-electron chi connectivity index (χ3n) is 7.23. The molecule has 0 aliphatic carbocycles. The van der Waals surface area contributed by atoms with Gasteiger partial charge in [0.15, 0.2) is 0 Å². The van der Waals surface area contributed by atoms with E-state index in [1.165, 1.54) is 26.9 Å². The Hall–Kier alpha value is -1.90. The van der Waals surface area contributed by atoms with E-state index in [1.807, 2.05) is 11.8 Å². The zero-order valence-corrected chi connectivity index (χ0v) is 25.5. The monoisotopic (exact) mass is 592 g/mol. The highest BCUT2D eigenvalue weighted by atomic mass is 35.5. The number of nitrogens with zero attached hydrogens (tertiary/aromatic N) is 2. The molecule has 1 aliphatic rings. The minimum atomic E-state index is -4.08. The molecule has 0 saturated heterocycles. The minimum Gasteiger partial charge on any atom is -0.330 e. The first-order chi connectivity index (χ1) is 17.8. The highest BCUT2D eigenvalue weighted by Gasteiger charge is 2.37. The molecule has 0 N–H and O–H groups in total. The van der Waals surface area contributed by atoms with Gasteiger partial charge in [-0.05, 0) is 71.5 Å². The van der Waals surface area contributed by atoms with Crippen LogP contribution in [-0.2, 0) is 26.7 Å². The molecule has 5 nitrogen and oxygen atoms in total. The lowest BCUT2D eigenvalue weighted by Gasteiger charge is -2.38. The molecule has 9 heteroatoms. The van der Waals surface area contributed by atoms with Crippen LogP contribution in [0, 0.1) is 0 Å². The second-order valence-corrected chi connectivity index (χ2v) is 14.5. The van der Waals surface area contributed by atoms with Crippen LogP contribution in [0.4, 0.5) is 0 Å². The average molecular weight is 594 g/mol. The van der Waals surface area contributed by atoms with E-state index in [9.17, 15) is 13.2 Å². The fraction of sp³-hybridized carbons (Fsp3) is 0.414. The van der Waals surface area contributed by atoms with Crippen LogP contribution >= 0.6 is 34.5 Å². The number of benzene rings is 2. The SMILES string of the molecule is CCC(C)N(CC(=O)N1CCc2sccc2C1c1ccc(C(C)(C)C)cc1)S(=O)(=O)c1cc(Cl)ccc1Cl. The molecule has 1 aromatic heterocycles. The van der Waals surface area contributed by atoms with Crippen LogP contribution in [0.3, 0.4) is 0 Å². The van der Waals surface area contributed by atoms with Crippen molar-refractivity contribution in [1.82, 2.24) is 9.21 Å². The van der Waals surface area contributed by atoms with Crippen molar-refractivity contribution in [3.8, 4) is 0 Å². The van der Waals surface area contributed by atoms with Gasteiger partial charge in [0, 0.05) is 22.5 Å². The van der Waals surface area contributed by atoms with Crippen LogP contribution in [0.15, 0.2) is 58.8 Å². The van der Waals surface area contributed by atoms with E-state index in [0.29, 0.717) is 13.0 Å². The molecular weight excluding hydrogens is 559 g/mol. The van der Waals surface area contributed by atoms with Gasteiger partial charge in [0.2, 0.25) is 15.9 Å². The number of hydrogen-bond donors (Lipinski definition) is 0. The van der Waals surface area contributed by atoms with Crippen LogP contribution in [0.2, 0.25) is 10.0 Å². The van der Waals surface area contributed by atoms with Gasteiger partial charge in [0.25, 0.3) is 0 Å². The molecule has 0 spiro atoms. The zero-order chi connectivity index (χ0) is 27.8. The minimum absolute atomic E-state index is 0.0148. The maximum atomic E-state index is 14.0. The van der Waals surface area contributed by atoms with Gasteiger partial charge in [-0.2, -0.15) is 4.31 Å². The largest absolute Gasteiger partial charge is 0.330 e. The van der Waals surface area contributed by atoms with E-state index >= 15 is 0 Å². The Bertz CT molecular complexity index is 1410. The first-order valence-electron chi connectivity index (χ1n) is 12.8. The Kier molecular flexibility index (Phi) is 8.65. The number of fused-ring (bicyclic) bond motifs is 1. The third-order valence-corrected chi connectivity index (χ3v) is 10.9. The summed E-state index contributed by atoms with van der Waals surface area (Å²) in [6.07, 6.45) is 1.28. The lowest BCUT2D eigenvalue weighted by Crippen LogP contribution is -2.49. The number of sulfonamides is 1. The number of halogens is 2. The van der Waals surface area contributed by atoms with Crippen LogP contribution in [0.1, 0.15) is 68.6 Å². The maximum absolute atomic E-state index is 14.0. The molecule has 2 aromatic carbocycles. The topological polar surface area (TPSA) is 57.7 Å². The molecular formula is C29H34Cl2N2O3S2. The van der Waals surface area contributed by atoms with Crippen molar-refractivity contribution in [1.29, 1.82) is 0 Å². The third kappa shape index (κ3) is 5.82. The summed E-state index contributed by atoms with van der Waals surface area (Å²) in [6.45, 7) is 10.5. The number of rotatable bonds is 7. The molecule has 0 bridgehead atoms. The Morgan fingerprint density at radius 1 is 1.13 bits per heavy atom. The van der Waals surface area contributed by atoms with Gasteiger partial charge in [-0.3, -0.25) is 4.79 Å². The highest BCUT2D eigenvalue weighted by molar-refractivity contribution is 7.89. The summed E-state index contributed by atoms with van der Waals surface area (Å²) in [7, 11) is -4.08. The molecule has 2 unspecified atom stereocenters. The van der Waals surface area contributed by atoms with Crippen molar-refractivity contribution < 1.29 is 13.2 Å². The first kappa shape index (κ1) is 29.1. The van der Waals surface area contributed by atoms with Gasteiger partial charge >= 0.3 is 0 Å². The van der Waals surface area contributed by atoms with Crippen LogP contribution < -0.4 is 0 Å². The standard InChI is InChI=1S/C29H34Cl2N2O3S2/c1-6-19(2)33(38(35,36)26-17-22(30)11-12-24(26)31)18-27(34)32-15-13-25-23(14-16-37-25)28(32)20-7-9-21(10-8-20)29(3,4)5/h7-12,14,16-17,19,28H,6,13,15,18H2,1-5H3. The fourth-order valence-corrected chi connectivity index (χ4v) is 8.11. The van der Waals surface area contributed by atoms with Crippen molar-refractivity contribution >= 4 is 50.5 Å². The number of carbonyl (C=O) groups is 1. The Morgan fingerprint density at radius 2 is 1.82 bits per heavy atom. The van der Waals surface area contributed by atoms with Crippen LogP contribution in [-0.4, -0.2) is 42.7 Å². The second-order valence-electron chi connectivity index (χ2n) is 10.8. The molecule has 3 aromatic rings. The van der Waals surface area contributed by atoms with E-state index in [4.69, 9.17) is 23.2 Å². The molecule has 0 fully saturated rings. The van der Waals surface area contributed by atoms with Crippen LogP contribution in [0.25, 0.3) is 0 Å². The number of amides is 1. The van der Waals surface area contributed by atoms with Gasteiger partial charge in [-0.1, -0.05) is 75.2 Å². The average Bonchev–Trinajstić information content (AvgIpc) is 3.36. The van der Waals surface area contributed by atoms with Gasteiger partial charge < -0.3 is 4.90 Å². The normalized spacial score (nSPS) is 16.9. The van der Waals surface area contributed by atoms with Crippen molar-refractivity contribution in [2.75, 3.05) is 13.1 Å². The van der Waals surface area contributed by atoms with E-state index in [1.54, 1.807) is 24.3 Å². The smallest absolute Gasteiger partial charge is 0.245 e. The molecule has 1 amide bonds. The molecule has 1 aliphatic heterocycles. The molecule has 0 radical (unpaired) electrons. The van der Waals surface area contributed by atoms with Crippen molar-refractivity contribution in [3.05, 3.63) is 85.5 Å². The Morgan fingerprint density at radius 3 is 2.45 bits per heavy atom. The predicted octanol–water partition coefficient (Wildman–Crippen LogP) is 7.32. The Balaban J connectivity index is 1.71. The van der Waals surface area contributed by atoms with Gasteiger partial charge in [0.1, 0.15) is 4.90 Å². The van der Waals surface area contributed by atoms with E-state index in [2.05, 4.69) is 56.5 Å². The summed E-state index contributed by atoms with van der Waals surface area (Å²) >= 11 is 14.1. The first-order valence-corrected chi connectivity index (χ1v) is 15.8.